The molecule has 0 heterocycles. The lowest BCUT2D eigenvalue weighted by Crippen LogP contribution is -2.27. The van der Waals surface area contributed by atoms with Crippen LogP contribution in [0.5, 0.6) is 5.75 Å². The van der Waals surface area contributed by atoms with Crippen molar-refractivity contribution in [2.45, 2.75) is 32.1 Å². The number of carbonyl (C=O) groups is 1. The second kappa shape index (κ2) is 7.71. The van der Waals surface area contributed by atoms with Gasteiger partial charge >= 0.3 is 0 Å². The van der Waals surface area contributed by atoms with Gasteiger partial charge in [-0.05, 0) is 31.7 Å². The number of hydrogen-bond donors (Lipinski definition) is 1. The fraction of sp³-hybridized carbons (Fsp3) is 0.438. The van der Waals surface area contributed by atoms with Gasteiger partial charge in [0.25, 0.3) is 5.69 Å². The normalized spacial score (nSPS) is 13.6. The van der Waals surface area contributed by atoms with Crippen LogP contribution in [-0.2, 0) is 11.2 Å². The third-order valence-electron chi connectivity index (χ3n) is 3.84. The number of nitrogens with one attached hydrogen (secondary N) is 1. The Morgan fingerprint density at radius 3 is 2.87 bits per heavy atom. The summed E-state index contributed by atoms with van der Waals surface area (Å²) in [7, 11) is 1.27. The van der Waals surface area contributed by atoms with E-state index >= 15 is 0 Å². The van der Waals surface area contributed by atoms with Crippen LogP contribution in [0.1, 0.15) is 31.2 Å². The second-order valence-corrected chi connectivity index (χ2v) is 5.37. The number of benzene rings is 1. The van der Waals surface area contributed by atoms with Gasteiger partial charge in [-0.25, -0.2) is 4.39 Å². The van der Waals surface area contributed by atoms with Crippen LogP contribution < -0.4 is 10.1 Å². The molecule has 7 heteroatoms. The minimum atomic E-state index is -0.865. The molecule has 2 rings (SSSR count). The molecule has 0 unspecified atom stereocenters. The quantitative estimate of drug-likeness (QED) is 0.475. The van der Waals surface area contributed by atoms with Crippen LogP contribution in [0.2, 0.25) is 0 Å². The van der Waals surface area contributed by atoms with Crippen LogP contribution >= 0.6 is 0 Å². The monoisotopic (exact) mass is 322 g/mol. The third-order valence-corrected chi connectivity index (χ3v) is 3.84. The molecule has 1 aromatic carbocycles. The van der Waals surface area contributed by atoms with Crippen LogP contribution in [0.25, 0.3) is 0 Å². The van der Waals surface area contributed by atoms with Crippen molar-refractivity contribution < 1.29 is 18.8 Å². The summed E-state index contributed by atoms with van der Waals surface area (Å²) < 4.78 is 19.0. The van der Waals surface area contributed by atoms with Gasteiger partial charge in [-0.1, -0.05) is 11.6 Å². The first-order chi connectivity index (χ1) is 11.0. The highest BCUT2D eigenvalue weighted by Crippen LogP contribution is 2.29. The van der Waals surface area contributed by atoms with Crippen LogP contribution in [-0.4, -0.2) is 24.5 Å². The van der Waals surface area contributed by atoms with E-state index in [-0.39, 0.29) is 11.3 Å². The molecule has 124 valence electrons. The van der Waals surface area contributed by atoms with E-state index in [0.29, 0.717) is 6.54 Å². The molecule has 0 atom stereocenters. The van der Waals surface area contributed by atoms with E-state index in [4.69, 9.17) is 4.74 Å². The van der Waals surface area contributed by atoms with Crippen molar-refractivity contribution in [1.82, 2.24) is 5.32 Å². The zero-order valence-electron chi connectivity index (χ0n) is 12.9. The van der Waals surface area contributed by atoms with Crippen molar-refractivity contribution in [3.05, 3.63) is 45.3 Å². The molecule has 1 aliphatic carbocycles. The summed E-state index contributed by atoms with van der Waals surface area (Å²) in [5.41, 5.74) is 0.632. The van der Waals surface area contributed by atoms with Crippen LogP contribution in [0.4, 0.5) is 10.1 Å². The Kier molecular flexibility index (Phi) is 5.67. The molecule has 0 spiro atoms. The van der Waals surface area contributed by atoms with E-state index in [2.05, 4.69) is 11.4 Å². The maximum Gasteiger partial charge on any atom is 0.276 e. The number of halogens is 1. The lowest BCUT2D eigenvalue weighted by atomic mass is 10.1. The minimum Gasteiger partial charge on any atom is -0.494 e. The molecule has 0 fully saturated rings. The predicted molar refractivity (Wildman–Crippen MR) is 82.9 cm³/mol. The topological polar surface area (TPSA) is 81.5 Å². The average molecular weight is 322 g/mol. The molecule has 0 saturated heterocycles. The Morgan fingerprint density at radius 2 is 2.26 bits per heavy atom. The summed E-state index contributed by atoms with van der Waals surface area (Å²) in [6.45, 7) is 0.448. The van der Waals surface area contributed by atoms with Gasteiger partial charge < -0.3 is 10.1 Å². The molecule has 6 nitrogen and oxygen atoms in total. The van der Waals surface area contributed by atoms with Gasteiger partial charge in [-0.15, -0.1) is 0 Å². The summed E-state index contributed by atoms with van der Waals surface area (Å²) in [5, 5.41) is 13.7. The summed E-state index contributed by atoms with van der Waals surface area (Å²) in [6.07, 6.45) is 5.80. The SMILES string of the molecule is COc1ccc([N+](=O)[O-])c(CC(=O)NCCC2=CCCC2)c1F. The van der Waals surface area contributed by atoms with Gasteiger partial charge in [0, 0.05) is 12.6 Å². The summed E-state index contributed by atoms with van der Waals surface area (Å²) in [6, 6.07) is 2.33. The molecule has 0 aromatic heterocycles. The molecule has 0 aliphatic heterocycles. The smallest absolute Gasteiger partial charge is 0.276 e. The first-order valence-corrected chi connectivity index (χ1v) is 7.47. The van der Waals surface area contributed by atoms with E-state index in [1.165, 1.54) is 18.7 Å². The van der Waals surface area contributed by atoms with Gasteiger partial charge in [0.2, 0.25) is 5.91 Å². The molecule has 1 aromatic rings. The molecule has 1 aliphatic rings. The van der Waals surface area contributed by atoms with Crippen molar-refractivity contribution in [3.8, 4) is 5.75 Å². The van der Waals surface area contributed by atoms with Gasteiger partial charge in [-0.2, -0.15) is 0 Å². The number of nitro groups is 1. The number of amides is 1. The molecule has 0 saturated carbocycles. The largest absolute Gasteiger partial charge is 0.494 e. The first kappa shape index (κ1) is 16.9. The fourth-order valence-electron chi connectivity index (χ4n) is 2.64. The van der Waals surface area contributed by atoms with Gasteiger partial charge in [0.15, 0.2) is 11.6 Å². The lowest BCUT2D eigenvalue weighted by Gasteiger charge is -2.09. The number of nitro benzene ring substituents is 1. The Morgan fingerprint density at radius 1 is 1.48 bits per heavy atom. The number of nitrogens with zero attached hydrogens (tertiary/aromatic N) is 1. The number of ether oxygens (including phenoxy) is 1. The molecule has 1 amide bonds. The molecule has 0 radical (unpaired) electrons. The maximum atomic E-state index is 14.2. The maximum absolute atomic E-state index is 14.2. The van der Waals surface area contributed by atoms with Gasteiger partial charge in [0.05, 0.1) is 24.0 Å². The average Bonchev–Trinajstić information content (AvgIpc) is 3.02. The summed E-state index contributed by atoms with van der Waals surface area (Å²) >= 11 is 0. The Labute approximate surface area is 133 Å². The van der Waals surface area contributed by atoms with E-state index in [1.807, 2.05) is 0 Å². The Balaban J connectivity index is 2.02. The summed E-state index contributed by atoms with van der Waals surface area (Å²) in [4.78, 5) is 22.3. The second-order valence-electron chi connectivity index (χ2n) is 5.37. The van der Waals surface area contributed by atoms with E-state index in [0.717, 1.165) is 31.7 Å². The standard InChI is InChI=1S/C16H19FN2O4/c1-23-14-7-6-13(19(21)22)12(16(14)17)10-15(20)18-9-8-11-4-2-3-5-11/h4,6-7H,2-3,5,8-10H2,1H3,(H,18,20). The predicted octanol–water partition coefficient (Wildman–Crippen LogP) is 2.90. The molecular weight excluding hydrogens is 303 g/mol. The van der Waals surface area contributed by atoms with Crippen molar-refractivity contribution in [1.29, 1.82) is 0 Å². The molecule has 0 bridgehead atoms. The highest BCUT2D eigenvalue weighted by Gasteiger charge is 2.23. The lowest BCUT2D eigenvalue weighted by molar-refractivity contribution is -0.385. The minimum absolute atomic E-state index is 0.116. The Hall–Kier alpha value is -2.44. The molecule has 23 heavy (non-hydrogen) atoms. The highest BCUT2D eigenvalue weighted by atomic mass is 19.1. The van der Waals surface area contributed by atoms with Gasteiger partial charge in [-0.3, -0.25) is 14.9 Å². The number of carbonyl (C=O) groups excluding carboxylic acids is 1. The summed E-state index contributed by atoms with van der Waals surface area (Å²) in [5.74, 6) is -1.43. The van der Waals surface area contributed by atoms with E-state index < -0.39 is 28.8 Å². The number of hydrogen-bond acceptors (Lipinski definition) is 4. The number of methoxy groups -OCH3 is 1. The van der Waals surface area contributed by atoms with Crippen molar-refractivity contribution in [2.24, 2.45) is 0 Å². The van der Waals surface area contributed by atoms with Crippen molar-refractivity contribution in [3.63, 3.8) is 0 Å². The first-order valence-electron chi connectivity index (χ1n) is 7.47. The van der Waals surface area contributed by atoms with Crippen LogP contribution in [0, 0.1) is 15.9 Å². The third kappa shape index (κ3) is 4.28. The number of rotatable bonds is 7. The van der Waals surface area contributed by atoms with Gasteiger partial charge in [0.1, 0.15) is 0 Å². The number of allylic oxidation sites excluding steroid dienone is 1. The van der Waals surface area contributed by atoms with Crippen LogP contribution in [0.3, 0.4) is 0 Å². The van der Waals surface area contributed by atoms with Crippen LogP contribution in [0.15, 0.2) is 23.8 Å². The molecular formula is C16H19FN2O4. The Bertz CT molecular complexity index is 643. The fourth-order valence-corrected chi connectivity index (χ4v) is 2.64. The van der Waals surface area contributed by atoms with E-state index in [9.17, 15) is 19.3 Å². The van der Waals surface area contributed by atoms with Crippen molar-refractivity contribution in [2.75, 3.05) is 13.7 Å². The zero-order chi connectivity index (χ0) is 16.8. The zero-order valence-corrected chi connectivity index (χ0v) is 12.9. The highest BCUT2D eigenvalue weighted by molar-refractivity contribution is 5.80. The van der Waals surface area contributed by atoms with E-state index in [1.54, 1.807) is 0 Å². The van der Waals surface area contributed by atoms with Crippen molar-refractivity contribution >= 4 is 11.6 Å². The molecule has 1 N–H and O–H groups in total.